The number of hydrogen-bond donors (Lipinski definition) is 0. The lowest BCUT2D eigenvalue weighted by atomic mass is 10.2. The molecule has 9 heteroatoms. The van der Waals surface area contributed by atoms with E-state index < -0.39 is 6.36 Å². The molecule has 0 fully saturated rings. The molecule has 3 rings (SSSR count). The van der Waals surface area contributed by atoms with E-state index >= 15 is 0 Å². The van der Waals surface area contributed by atoms with E-state index in [1.807, 2.05) is 11.0 Å². The molecule has 6 nitrogen and oxygen atoms in total. The van der Waals surface area contributed by atoms with Gasteiger partial charge in [-0.1, -0.05) is 23.4 Å². The number of nitrogens with zero attached hydrogens (tertiary/aromatic N) is 4. The van der Waals surface area contributed by atoms with Crippen LogP contribution in [-0.2, 0) is 13.1 Å². The maximum Gasteiger partial charge on any atom is 0.573 e. The second kappa shape index (κ2) is 7.52. The van der Waals surface area contributed by atoms with Gasteiger partial charge in [-0.3, -0.25) is 9.88 Å². The minimum Gasteiger partial charge on any atom is -0.406 e. The van der Waals surface area contributed by atoms with Gasteiger partial charge in [-0.2, -0.15) is 4.98 Å². The molecule has 0 unspecified atom stereocenters. The normalized spacial score (nSPS) is 11.7. The molecule has 0 bridgehead atoms. The summed E-state index contributed by atoms with van der Waals surface area (Å²) in [5.41, 5.74) is 1.26. The van der Waals surface area contributed by atoms with Crippen molar-refractivity contribution in [1.82, 2.24) is 20.0 Å². The van der Waals surface area contributed by atoms with E-state index in [-0.39, 0.29) is 5.75 Å². The van der Waals surface area contributed by atoms with Gasteiger partial charge in [0.05, 0.1) is 6.54 Å². The molecule has 0 atom stereocenters. The summed E-state index contributed by atoms with van der Waals surface area (Å²) in [6, 6.07) is 11.2. The molecule has 2 aromatic heterocycles. The van der Waals surface area contributed by atoms with Crippen molar-refractivity contribution < 1.29 is 22.4 Å². The molecule has 0 aliphatic heterocycles. The Morgan fingerprint density at radius 3 is 2.69 bits per heavy atom. The van der Waals surface area contributed by atoms with E-state index in [2.05, 4.69) is 19.9 Å². The standard InChI is InChI=1S/C17H15F3N4O2/c1-24(10-12-5-4-6-13(9-12)25-17(18,19)20)11-15-22-16(23-26-15)14-7-2-3-8-21-14/h2-9H,10-11H2,1H3. The first-order chi connectivity index (χ1) is 12.4. The van der Waals surface area contributed by atoms with Crippen molar-refractivity contribution in [3.63, 3.8) is 0 Å². The smallest absolute Gasteiger partial charge is 0.406 e. The van der Waals surface area contributed by atoms with E-state index in [9.17, 15) is 13.2 Å². The molecule has 0 spiro atoms. The summed E-state index contributed by atoms with van der Waals surface area (Å²) in [6.07, 6.45) is -3.08. The maximum absolute atomic E-state index is 12.3. The Balaban J connectivity index is 1.62. The Kier molecular flexibility index (Phi) is 5.17. The molecule has 136 valence electrons. The number of alkyl halides is 3. The molecule has 0 aliphatic rings. The third-order valence-electron chi connectivity index (χ3n) is 3.35. The summed E-state index contributed by atoms with van der Waals surface area (Å²) in [7, 11) is 1.79. The van der Waals surface area contributed by atoms with Crippen LogP contribution in [0.4, 0.5) is 13.2 Å². The Labute approximate surface area is 147 Å². The molecule has 0 aliphatic carbocycles. The fourth-order valence-electron chi connectivity index (χ4n) is 2.36. The highest BCUT2D eigenvalue weighted by Gasteiger charge is 2.31. The predicted molar refractivity (Wildman–Crippen MR) is 85.8 cm³/mol. The minimum atomic E-state index is -4.71. The number of rotatable bonds is 6. The maximum atomic E-state index is 12.3. The molecule has 0 amide bonds. The molecule has 2 heterocycles. The lowest BCUT2D eigenvalue weighted by molar-refractivity contribution is -0.274. The van der Waals surface area contributed by atoms with Gasteiger partial charge >= 0.3 is 6.36 Å². The number of pyridine rings is 1. The molecule has 0 saturated carbocycles. The second-order valence-corrected chi connectivity index (χ2v) is 5.59. The summed E-state index contributed by atoms with van der Waals surface area (Å²) in [4.78, 5) is 10.3. The van der Waals surface area contributed by atoms with Gasteiger partial charge < -0.3 is 9.26 Å². The first-order valence-electron chi connectivity index (χ1n) is 7.66. The van der Waals surface area contributed by atoms with Crippen LogP contribution in [0.1, 0.15) is 11.5 Å². The first kappa shape index (κ1) is 17.9. The van der Waals surface area contributed by atoms with Crippen LogP contribution in [0, 0.1) is 0 Å². The van der Waals surface area contributed by atoms with E-state index in [1.165, 1.54) is 18.2 Å². The van der Waals surface area contributed by atoms with Crippen LogP contribution in [0.3, 0.4) is 0 Å². The highest BCUT2D eigenvalue weighted by atomic mass is 19.4. The summed E-state index contributed by atoms with van der Waals surface area (Å²) in [6.45, 7) is 0.723. The second-order valence-electron chi connectivity index (χ2n) is 5.59. The Bertz CT molecular complexity index is 852. The molecule has 1 aromatic carbocycles. The van der Waals surface area contributed by atoms with Crippen molar-refractivity contribution in [2.24, 2.45) is 0 Å². The van der Waals surface area contributed by atoms with Gasteiger partial charge in [0, 0.05) is 12.7 Å². The van der Waals surface area contributed by atoms with Crippen LogP contribution < -0.4 is 4.74 Å². The Morgan fingerprint density at radius 2 is 1.96 bits per heavy atom. The van der Waals surface area contributed by atoms with Gasteiger partial charge in [0.1, 0.15) is 11.4 Å². The van der Waals surface area contributed by atoms with Crippen LogP contribution in [0.2, 0.25) is 0 Å². The first-order valence-corrected chi connectivity index (χ1v) is 7.66. The fourth-order valence-corrected chi connectivity index (χ4v) is 2.36. The number of aromatic nitrogens is 3. The van der Waals surface area contributed by atoms with E-state index in [0.717, 1.165) is 0 Å². The topological polar surface area (TPSA) is 64.3 Å². The fraction of sp³-hybridized carbons (Fsp3) is 0.235. The summed E-state index contributed by atoms with van der Waals surface area (Å²) >= 11 is 0. The Hall–Kier alpha value is -2.94. The number of halogens is 3. The van der Waals surface area contributed by atoms with Crippen LogP contribution in [0.5, 0.6) is 5.75 Å². The minimum absolute atomic E-state index is 0.251. The average molecular weight is 364 g/mol. The van der Waals surface area contributed by atoms with Gasteiger partial charge in [0.15, 0.2) is 0 Å². The monoisotopic (exact) mass is 364 g/mol. The molecular weight excluding hydrogens is 349 g/mol. The molecule has 0 radical (unpaired) electrons. The lowest BCUT2D eigenvalue weighted by Gasteiger charge is -2.15. The van der Waals surface area contributed by atoms with E-state index in [1.54, 1.807) is 31.4 Å². The van der Waals surface area contributed by atoms with Crippen molar-refractivity contribution in [3.8, 4) is 17.3 Å². The summed E-state index contributed by atoms with van der Waals surface area (Å²) in [5.74, 6) is 0.518. The van der Waals surface area contributed by atoms with Crippen molar-refractivity contribution in [3.05, 3.63) is 60.1 Å². The zero-order valence-corrected chi connectivity index (χ0v) is 13.8. The van der Waals surface area contributed by atoms with Crippen LogP contribution in [0.15, 0.2) is 53.2 Å². The molecule has 3 aromatic rings. The molecular formula is C17H15F3N4O2. The third kappa shape index (κ3) is 5.03. The Morgan fingerprint density at radius 1 is 1.12 bits per heavy atom. The van der Waals surface area contributed by atoms with Crippen LogP contribution in [-0.4, -0.2) is 33.4 Å². The third-order valence-corrected chi connectivity index (χ3v) is 3.35. The number of hydrogen-bond acceptors (Lipinski definition) is 6. The van der Waals surface area contributed by atoms with E-state index in [4.69, 9.17) is 4.52 Å². The molecule has 0 N–H and O–H groups in total. The van der Waals surface area contributed by atoms with Gasteiger partial charge in [-0.05, 0) is 36.9 Å². The molecule has 26 heavy (non-hydrogen) atoms. The average Bonchev–Trinajstić information content (AvgIpc) is 3.02. The zero-order chi connectivity index (χ0) is 18.6. The lowest BCUT2D eigenvalue weighted by Crippen LogP contribution is -2.19. The van der Waals surface area contributed by atoms with Crippen LogP contribution in [0.25, 0.3) is 11.5 Å². The SMILES string of the molecule is CN(Cc1cccc(OC(F)(F)F)c1)Cc1nc(-c2ccccn2)no1. The number of benzene rings is 1. The largest absolute Gasteiger partial charge is 0.573 e. The van der Waals surface area contributed by atoms with Crippen molar-refractivity contribution in [1.29, 1.82) is 0 Å². The van der Waals surface area contributed by atoms with Crippen LogP contribution >= 0.6 is 0 Å². The van der Waals surface area contributed by atoms with E-state index in [0.29, 0.717) is 36.1 Å². The highest BCUT2D eigenvalue weighted by Crippen LogP contribution is 2.24. The van der Waals surface area contributed by atoms with Crippen molar-refractivity contribution in [2.45, 2.75) is 19.5 Å². The summed E-state index contributed by atoms with van der Waals surface area (Å²) < 4.78 is 46.0. The number of ether oxygens (including phenoxy) is 1. The van der Waals surface area contributed by atoms with Gasteiger partial charge in [0.2, 0.25) is 11.7 Å². The quantitative estimate of drug-likeness (QED) is 0.665. The van der Waals surface area contributed by atoms with Crippen molar-refractivity contribution >= 4 is 0 Å². The highest BCUT2D eigenvalue weighted by molar-refractivity contribution is 5.46. The molecule has 0 saturated heterocycles. The van der Waals surface area contributed by atoms with Gasteiger partial charge in [0.25, 0.3) is 0 Å². The summed E-state index contributed by atoms with van der Waals surface area (Å²) in [5, 5.41) is 3.88. The zero-order valence-electron chi connectivity index (χ0n) is 13.8. The van der Waals surface area contributed by atoms with Crippen molar-refractivity contribution in [2.75, 3.05) is 7.05 Å². The van der Waals surface area contributed by atoms with Gasteiger partial charge in [-0.25, -0.2) is 0 Å². The predicted octanol–water partition coefficient (Wildman–Crippen LogP) is 3.66. The van der Waals surface area contributed by atoms with Gasteiger partial charge in [-0.15, -0.1) is 13.2 Å².